The standard InChI is InChI=1S/C17H13ClN4O4/c1-10-14(9-19-15-8-13(22(25)26)5-6-16(15)23)17(24)21(20-10)12-4-2-3-11(18)7-12/h2-9,20,23H,1H3. The molecule has 0 radical (unpaired) electrons. The molecule has 0 unspecified atom stereocenters. The van der Waals surface area contributed by atoms with Gasteiger partial charge >= 0.3 is 0 Å². The number of halogens is 1. The maximum atomic E-state index is 12.6. The number of aliphatic imine (C=N–C) groups is 1. The monoisotopic (exact) mass is 372 g/mol. The van der Waals surface area contributed by atoms with Crippen molar-refractivity contribution in [2.24, 2.45) is 4.99 Å². The van der Waals surface area contributed by atoms with Crippen LogP contribution in [0.2, 0.25) is 5.02 Å². The fraction of sp³-hybridized carbons (Fsp3) is 0.0588. The topological polar surface area (TPSA) is 114 Å². The van der Waals surface area contributed by atoms with Gasteiger partial charge in [0.2, 0.25) is 0 Å². The normalized spacial score (nSPS) is 11.2. The Bertz CT molecular complexity index is 1080. The summed E-state index contributed by atoms with van der Waals surface area (Å²) in [7, 11) is 0. The molecule has 0 saturated carbocycles. The van der Waals surface area contributed by atoms with E-state index in [1.165, 1.54) is 23.0 Å². The number of rotatable bonds is 4. The van der Waals surface area contributed by atoms with Crippen molar-refractivity contribution in [1.29, 1.82) is 0 Å². The minimum atomic E-state index is -0.591. The average molecular weight is 373 g/mol. The van der Waals surface area contributed by atoms with Crippen LogP contribution in [0.4, 0.5) is 11.4 Å². The fourth-order valence-electron chi connectivity index (χ4n) is 2.37. The Morgan fingerprint density at radius 2 is 2.08 bits per heavy atom. The molecule has 132 valence electrons. The summed E-state index contributed by atoms with van der Waals surface area (Å²) in [5.74, 6) is -0.227. The lowest BCUT2D eigenvalue weighted by molar-refractivity contribution is -0.384. The SMILES string of the molecule is Cc1[nH]n(-c2cccc(Cl)c2)c(=O)c1C=Nc1cc([N+](=O)[O-])ccc1O. The number of phenols is 1. The number of phenolic OH excluding ortho intramolecular Hbond substituents is 1. The molecule has 3 aromatic rings. The third kappa shape index (κ3) is 3.35. The minimum Gasteiger partial charge on any atom is -0.506 e. The van der Waals surface area contributed by atoms with Crippen molar-refractivity contribution in [3.8, 4) is 11.4 Å². The third-order valence-corrected chi connectivity index (χ3v) is 3.92. The van der Waals surface area contributed by atoms with Gasteiger partial charge in [-0.1, -0.05) is 17.7 Å². The minimum absolute atomic E-state index is 0.00601. The zero-order valence-electron chi connectivity index (χ0n) is 13.5. The van der Waals surface area contributed by atoms with Gasteiger partial charge in [-0.15, -0.1) is 0 Å². The van der Waals surface area contributed by atoms with Crippen molar-refractivity contribution in [2.75, 3.05) is 0 Å². The molecule has 2 aromatic carbocycles. The van der Waals surface area contributed by atoms with E-state index < -0.39 is 4.92 Å². The summed E-state index contributed by atoms with van der Waals surface area (Å²) in [5, 5.41) is 24.0. The predicted octanol–water partition coefficient (Wildman–Crippen LogP) is 3.49. The number of nitro benzene ring substituents is 1. The molecule has 1 aromatic heterocycles. The summed E-state index contributed by atoms with van der Waals surface area (Å²) in [6, 6.07) is 10.2. The van der Waals surface area contributed by atoms with Crippen LogP contribution in [0.5, 0.6) is 5.75 Å². The highest BCUT2D eigenvalue weighted by atomic mass is 35.5. The summed E-state index contributed by atoms with van der Waals surface area (Å²) in [6.07, 6.45) is 1.26. The largest absolute Gasteiger partial charge is 0.506 e. The van der Waals surface area contributed by atoms with Crippen LogP contribution in [0.1, 0.15) is 11.3 Å². The molecule has 0 atom stereocenters. The van der Waals surface area contributed by atoms with Crippen molar-refractivity contribution in [3.05, 3.63) is 79.2 Å². The van der Waals surface area contributed by atoms with Gasteiger partial charge in [0.15, 0.2) is 0 Å². The van der Waals surface area contributed by atoms with Gasteiger partial charge < -0.3 is 5.11 Å². The summed E-state index contributed by atoms with van der Waals surface area (Å²) in [4.78, 5) is 26.9. The Labute approximate surface area is 152 Å². The van der Waals surface area contributed by atoms with Crippen molar-refractivity contribution >= 4 is 29.2 Å². The number of aromatic hydroxyl groups is 1. The van der Waals surface area contributed by atoms with E-state index >= 15 is 0 Å². The highest BCUT2D eigenvalue weighted by Crippen LogP contribution is 2.30. The van der Waals surface area contributed by atoms with Crippen LogP contribution in [0.25, 0.3) is 5.69 Å². The molecule has 0 aliphatic heterocycles. The molecule has 26 heavy (non-hydrogen) atoms. The summed E-state index contributed by atoms with van der Waals surface area (Å²) < 4.78 is 1.32. The smallest absolute Gasteiger partial charge is 0.280 e. The van der Waals surface area contributed by atoms with Crippen LogP contribution in [0.3, 0.4) is 0 Å². The van der Waals surface area contributed by atoms with Gasteiger partial charge in [0.1, 0.15) is 11.4 Å². The van der Waals surface area contributed by atoms with Crippen LogP contribution in [0.15, 0.2) is 52.3 Å². The lowest BCUT2D eigenvalue weighted by Gasteiger charge is -2.01. The van der Waals surface area contributed by atoms with E-state index in [0.29, 0.717) is 16.4 Å². The maximum absolute atomic E-state index is 12.6. The molecule has 8 nitrogen and oxygen atoms in total. The average Bonchev–Trinajstić information content (AvgIpc) is 2.88. The maximum Gasteiger partial charge on any atom is 0.280 e. The zero-order valence-corrected chi connectivity index (χ0v) is 14.3. The molecule has 0 fully saturated rings. The number of H-pyrrole nitrogens is 1. The van der Waals surface area contributed by atoms with Crippen LogP contribution in [0, 0.1) is 17.0 Å². The highest BCUT2D eigenvalue weighted by molar-refractivity contribution is 6.30. The number of aromatic nitrogens is 2. The second-order valence-corrected chi connectivity index (χ2v) is 5.90. The van der Waals surface area contributed by atoms with Gasteiger partial charge in [0.25, 0.3) is 11.2 Å². The van der Waals surface area contributed by atoms with Gasteiger partial charge in [-0.05, 0) is 31.2 Å². The number of benzene rings is 2. The van der Waals surface area contributed by atoms with Crippen molar-refractivity contribution < 1.29 is 10.0 Å². The molecule has 9 heteroatoms. The number of aromatic amines is 1. The van der Waals surface area contributed by atoms with Crippen LogP contribution in [-0.2, 0) is 0 Å². The predicted molar refractivity (Wildman–Crippen MR) is 98.2 cm³/mol. The van der Waals surface area contributed by atoms with Gasteiger partial charge in [-0.25, -0.2) is 4.68 Å². The van der Waals surface area contributed by atoms with E-state index in [1.54, 1.807) is 31.2 Å². The Balaban J connectivity index is 2.02. The summed E-state index contributed by atoms with van der Waals surface area (Å²) >= 11 is 5.95. The lowest BCUT2D eigenvalue weighted by Crippen LogP contribution is -2.17. The molecule has 2 N–H and O–H groups in total. The molecular formula is C17H13ClN4O4. The zero-order chi connectivity index (χ0) is 18.8. The van der Waals surface area contributed by atoms with Crippen LogP contribution < -0.4 is 5.56 Å². The Morgan fingerprint density at radius 1 is 1.31 bits per heavy atom. The number of aryl methyl sites for hydroxylation is 1. The van der Waals surface area contributed by atoms with Gasteiger partial charge in [0, 0.05) is 29.1 Å². The van der Waals surface area contributed by atoms with Crippen molar-refractivity contribution in [2.45, 2.75) is 6.92 Å². The van der Waals surface area contributed by atoms with Crippen molar-refractivity contribution in [3.63, 3.8) is 0 Å². The molecule has 0 saturated heterocycles. The number of nitrogens with zero attached hydrogens (tertiary/aromatic N) is 3. The highest BCUT2D eigenvalue weighted by Gasteiger charge is 2.13. The second-order valence-electron chi connectivity index (χ2n) is 5.46. The summed E-state index contributed by atoms with van der Waals surface area (Å²) in [6.45, 7) is 1.69. The van der Waals surface area contributed by atoms with E-state index in [2.05, 4.69) is 10.1 Å². The molecule has 0 spiro atoms. The first-order chi connectivity index (χ1) is 12.4. The van der Waals surface area contributed by atoms with E-state index in [-0.39, 0.29) is 28.2 Å². The number of nitro groups is 1. The summed E-state index contributed by atoms with van der Waals surface area (Å²) in [5.41, 5.74) is 0.784. The Hall–Kier alpha value is -3.39. The van der Waals surface area contributed by atoms with Gasteiger partial charge in [-0.2, -0.15) is 0 Å². The molecule has 3 rings (SSSR count). The van der Waals surface area contributed by atoms with Crippen molar-refractivity contribution in [1.82, 2.24) is 9.78 Å². The molecule has 0 amide bonds. The molecule has 0 aliphatic rings. The van der Waals surface area contributed by atoms with Gasteiger partial charge in [-0.3, -0.25) is 25.0 Å². The second kappa shape index (κ2) is 6.85. The number of nitrogens with one attached hydrogen (secondary N) is 1. The lowest BCUT2D eigenvalue weighted by atomic mass is 10.2. The number of hydrogen-bond donors (Lipinski definition) is 2. The van der Waals surface area contributed by atoms with E-state index in [0.717, 1.165) is 6.07 Å². The van der Waals surface area contributed by atoms with Crippen LogP contribution in [-0.4, -0.2) is 26.0 Å². The number of hydrogen-bond acceptors (Lipinski definition) is 5. The molecule has 0 aliphatic carbocycles. The van der Waals surface area contributed by atoms with E-state index in [4.69, 9.17) is 11.6 Å². The molecular weight excluding hydrogens is 360 g/mol. The first kappa shape index (κ1) is 17.4. The first-order valence-electron chi connectivity index (χ1n) is 7.46. The number of non-ortho nitro benzene ring substituents is 1. The molecule has 0 bridgehead atoms. The third-order valence-electron chi connectivity index (χ3n) is 3.69. The van der Waals surface area contributed by atoms with Gasteiger partial charge in [0.05, 0.1) is 16.2 Å². The fourth-order valence-corrected chi connectivity index (χ4v) is 2.56. The van der Waals surface area contributed by atoms with E-state index in [1.807, 2.05) is 0 Å². The van der Waals surface area contributed by atoms with Crippen LogP contribution >= 0.6 is 11.6 Å². The Kier molecular flexibility index (Phi) is 4.59. The van der Waals surface area contributed by atoms with E-state index in [9.17, 15) is 20.0 Å². The molecule has 1 heterocycles. The quantitative estimate of drug-likeness (QED) is 0.414. The first-order valence-corrected chi connectivity index (χ1v) is 7.83. The Morgan fingerprint density at radius 3 is 2.77 bits per heavy atom.